The van der Waals surface area contributed by atoms with Gasteiger partial charge in [0.05, 0.1) is 11.1 Å². The van der Waals surface area contributed by atoms with E-state index in [1.54, 1.807) is 12.1 Å². The summed E-state index contributed by atoms with van der Waals surface area (Å²) < 4.78 is 50.7. The number of hydrogen-bond donors (Lipinski definition) is 2. The van der Waals surface area contributed by atoms with Gasteiger partial charge in [0.1, 0.15) is 0 Å². The normalized spacial score (nSPS) is 11.5. The molecule has 5 nitrogen and oxygen atoms in total. The van der Waals surface area contributed by atoms with Gasteiger partial charge in [0.15, 0.2) is 0 Å². The molecular weight excluding hydrogens is 587 g/mol. The van der Waals surface area contributed by atoms with Crippen molar-refractivity contribution in [2.45, 2.75) is 148 Å². The Morgan fingerprint density at radius 3 is 1.61 bits per heavy atom. The smallest absolute Gasteiger partial charge is 0.384 e. The molecule has 46 heavy (non-hydrogen) atoms. The van der Waals surface area contributed by atoms with Crippen molar-refractivity contribution in [3.8, 4) is 0 Å². The molecule has 0 amide bonds. The first kappa shape index (κ1) is 42.1. The van der Waals surface area contributed by atoms with E-state index in [2.05, 4.69) is 24.1 Å². The lowest BCUT2D eigenvalue weighted by Gasteiger charge is -2.13. The molecule has 0 atom stereocenters. The predicted molar refractivity (Wildman–Crippen MR) is 190 cm³/mol. The number of unbranched alkanes of at least 4 members (excludes halogenated alkanes) is 16. The predicted octanol–water partition coefficient (Wildman–Crippen LogP) is 11.5. The number of ether oxygens (including phenoxy) is 2. The summed E-state index contributed by atoms with van der Waals surface area (Å²) in [6.07, 6.45) is 21.8. The summed E-state index contributed by atoms with van der Waals surface area (Å²) in [5.41, 5.74) is 5.47. The van der Waals surface area contributed by atoms with E-state index in [1.165, 1.54) is 121 Å². The highest BCUT2D eigenvalue weighted by molar-refractivity contribution is 5.93. The Morgan fingerprint density at radius 2 is 1.11 bits per heavy atom. The number of anilines is 1. The van der Waals surface area contributed by atoms with Gasteiger partial charge < -0.3 is 20.5 Å². The van der Waals surface area contributed by atoms with Crippen LogP contribution in [0.1, 0.15) is 148 Å². The van der Waals surface area contributed by atoms with Crippen molar-refractivity contribution in [1.82, 2.24) is 4.98 Å². The van der Waals surface area contributed by atoms with Gasteiger partial charge >= 0.3 is 6.18 Å². The molecule has 3 N–H and O–H groups in total. The van der Waals surface area contributed by atoms with E-state index in [1.807, 2.05) is 0 Å². The summed E-state index contributed by atoms with van der Waals surface area (Å²) in [4.78, 5) is 3.96. The SMILES string of the molecule is CCCCCCOCCCCCCCCN.CCCCCCOCCCCCCCCNc1ccnc2c(C(F)(F)F)cccc12. The molecule has 0 radical (unpaired) electrons. The molecule has 0 bridgehead atoms. The molecule has 1 aromatic carbocycles. The molecule has 0 saturated heterocycles. The third-order valence-corrected chi connectivity index (χ3v) is 8.13. The fourth-order valence-corrected chi connectivity index (χ4v) is 5.34. The Bertz CT molecular complexity index is 944. The summed E-state index contributed by atoms with van der Waals surface area (Å²) in [6, 6.07) is 5.94. The minimum atomic E-state index is -4.40. The summed E-state index contributed by atoms with van der Waals surface area (Å²) >= 11 is 0. The van der Waals surface area contributed by atoms with E-state index in [9.17, 15) is 13.2 Å². The van der Waals surface area contributed by atoms with Crippen LogP contribution in [-0.2, 0) is 15.7 Å². The van der Waals surface area contributed by atoms with Gasteiger partial charge in [0, 0.05) is 50.2 Å². The molecule has 0 spiro atoms. The standard InChI is InChI=1S/C24H35F3N2O.C14H31NO/c1-2-3-4-10-18-30-19-11-8-6-5-7-9-16-28-22-15-17-29-23-20(22)13-12-14-21(23)24(25,26)27;1-2-3-4-10-13-16-14-11-8-6-5-7-9-12-15/h12-15,17H,2-11,16,18-19H2,1H3,(H,28,29);2-15H2,1H3. The third kappa shape index (κ3) is 21.8. The number of rotatable bonds is 28. The molecule has 0 unspecified atom stereocenters. The van der Waals surface area contributed by atoms with Crippen LogP contribution in [0.2, 0.25) is 0 Å². The Balaban J connectivity index is 0.000000561. The van der Waals surface area contributed by atoms with Crippen LogP contribution in [0.3, 0.4) is 0 Å². The molecule has 0 saturated carbocycles. The fraction of sp³-hybridized carbons (Fsp3) is 0.763. The fourth-order valence-electron chi connectivity index (χ4n) is 5.34. The van der Waals surface area contributed by atoms with Gasteiger partial charge in [-0.2, -0.15) is 13.2 Å². The lowest BCUT2D eigenvalue weighted by Crippen LogP contribution is -2.08. The lowest BCUT2D eigenvalue weighted by atomic mass is 10.1. The van der Waals surface area contributed by atoms with E-state index in [4.69, 9.17) is 15.2 Å². The first-order valence-corrected chi connectivity index (χ1v) is 18.5. The third-order valence-electron chi connectivity index (χ3n) is 8.13. The Kier molecular flexibility index (Phi) is 26.8. The number of nitrogens with zero attached hydrogens (tertiary/aromatic N) is 1. The second kappa shape index (κ2) is 29.3. The van der Waals surface area contributed by atoms with E-state index < -0.39 is 11.7 Å². The average Bonchev–Trinajstić information content (AvgIpc) is 3.05. The number of pyridine rings is 1. The van der Waals surface area contributed by atoms with Crippen molar-refractivity contribution in [2.75, 3.05) is 44.8 Å². The molecule has 266 valence electrons. The second-order valence-corrected chi connectivity index (χ2v) is 12.4. The van der Waals surface area contributed by atoms with E-state index >= 15 is 0 Å². The van der Waals surface area contributed by atoms with Crippen LogP contribution in [0, 0.1) is 0 Å². The summed E-state index contributed by atoms with van der Waals surface area (Å²) in [5, 5.41) is 3.79. The number of para-hydroxylation sites is 1. The molecule has 1 aromatic heterocycles. The summed E-state index contributed by atoms with van der Waals surface area (Å²) in [7, 11) is 0. The van der Waals surface area contributed by atoms with Gasteiger partial charge in [-0.25, -0.2) is 0 Å². The van der Waals surface area contributed by atoms with Crippen LogP contribution >= 0.6 is 0 Å². The van der Waals surface area contributed by atoms with Crippen LogP contribution in [0.25, 0.3) is 10.9 Å². The van der Waals surface area contributed by atoms with Crippen LogP contribution in [-0.4, -0.2) is 44.5 Å². The molecule has 0 aliphatic carbocycles. The molecule has 2 rings (SSSR count). The van der Waals surface area contributed by atoms with Crippen molar-refractivity contribution in [3.05, 3.63) is 36.0 Å². The van der Waals surface area contributed by atoms with Gasteiger partial charge in [-0.1, -0.05) is 116 Å². The highest BCUT2D eigenvalue weighted by atomic mass is 19.4. The number of aromatic nitrogens is 1. The zero-order valence-electron chi connectivity index (χ0n) is 29.2. The van der Waals surface area contributed by atoms with Gasteiger partial charge in [0.25, 0.3) is 0 Å². The number of nitrogens with one attached hydrogen (secondary N) is 1. The molecule has 0 aliphatic heterocycles. The van der Waals surface area contributed by atoms with Gasteiger partial charge in [-0.05, 0) is 57.2 Å². The maximum Gasteiger partial charge on any atom is 0.418 e. The largest absolute Gasteiger partial charge is 0.418 e. The van der Waals surface area contributed by atoms with Crippen molar-refractivity contribution in [2.24, 2.45) is 5.73 Å². The zero-order valence-corrected chi connectivity index (χ0v) is 29.2. The molecule has 0 aliphatic rings. The van der Waals surface area contributed by atoms with Crippen LogP contribution in [0.4, 0.5) is 18.9 Å². The number of nitrogens with two attached hydrogens (primary N) is 1. The van der Waals surface area contributed by atoms with Crippen LogP contribution < -0.4 is 11.1 Å². The topological polar surface area (TPSA) is 69.4 Å². The minimum Gasteiger partial charge on any atom is -0.384 e. The van der Waals surface area contributed by atoms with Crippen LogP contribution in [0.5, 0.6) is 0 Å². The van der Waals surface area contributed by atoms with Crippen molar-refractivity contribution in [1.29, 1.82) is 0 Å². The first-order valence-electron chi connectivity index (χ1n) is 18.5. The van der Waals surface area contributed by atoms with Gasteiger partial charge in [-0.15, -0.1) is 0 Å². The maximum atomic E-state index is 13.2. The Labute approximate surface area is 279 Å². The van der Waals surface area contributed by atoms with Crippen molar-refractivity contribution >= 4 is 16.6 Å². The molecule has 0 fully saturated rings. The molecule has 2 aromatic rings. The van der Waals surface area contributed by atoms with Gasteiger partial charge in [0.2, 0.25) is 0 Å². The number of halogens is 3. The van der Waals surface area contributed by atoms with E-state index in [-0.39, 0.29) is 5.52 Å². The molecule has 8 heteroatoms. The Morgan fingerprint density at radius 1 is 0.630 bits per heavy atom. The van der Waals surface area contributed by atoms with E-state index in [0.717, 1.165) is 64.8 Å². The highest BCUT2D eigenvalue weighted by Gasteiger charge is 2.33. The number of alkyl halides is 3. The lowest BCUT2D eigenvalue weighted by molar-refractivity contribution is -0.136. The van der Waals surface area contributed by atoms with E-state index in [0.29, 0.717) is 11.1 Å². The molecular formula is C38H66F3N3O2. The van der Waals surface area contributed by atoms with Crippen molar-refractivity contribution < 1.29 is 22.6 Å². The second-order valence-electron chi connectivity index (χ2n) is 12.4. The summed E-state index contributed by atoms with van der Waals surface area (Å²) in [6.45, 7) is 9.73. The van der Waals surface area contributed by atoms with Gasteiger partial charge in [-0.3, -0.25) is 4.98 Å². The highest BCUT2D eigenvalue weighted by Crippen LogP contribution is 2.35. The number of benzene rings is 1. The molecule has 1 heterocycles. The van der Waals surface area contributed by atoms with Crippen LogP contribution in [0.15, 0.2) is 30.5 Å². The average molecular weight is 654 g/mol. The van der Waals surface area contributed by atoms with Crippen molar-refractivity contribution in [3.63, 3.8) is 0 Å². The maximum absolute atomic E-state index is 13.2. The first-order chi connectivity index (χ1) is 22.5. The number of hydrogen-bond acceptors (Lipinski definition) is 5. The monoisotopic (exact) mass is 654 g/mol. The quantitative estimate of drug-likeness (QED) is 0.0894. The number of fused-ring (bicyclic) bond motifs is 1. The zero-order chi connectivity index (χ0) is 33.6. The summed E-state index contributed by atoms with van der Waals surface area (Å²) in [5.74, 6) is 0. The Hall–Kier alpha value is -1.90. The minimum absolute atomic E-state index is 0.00239.